The van der Waals surface area contributed by atoms with Gasteiger partial charge in [-0.15, -0.1) is 0 Å². The summed E-state index contributed by atoms with van der Waals surface area (Å²) in [4.78, 5) is 21.2. The minimum absolute atomic E-state index is 0.0276. The number of rotatable bonds is 5. The molecule has 0 bridgehead atoms. The van der Waals surface area contributed by atoms with Crippen LogP contribution in [0.1, 0.15) is 30.6 Å². The van der Waals surface area contributed by atoms with Crippen LogP contribution in [0.3, 0.4) is 0 Å². The largest absolute Gasteiger partial charge is 0.396 e. The number of pyridine rings is 1. The molecule has 4 rings (SSSR count). The average molecular weight is 469 g/mol. The molecule has 1 aromatic carbocycles. The summed E-state index contributed by atoms with van der Waals surface area (Å²) >= 11 is 3.48. The monoisotopic (exact) mass is 468 g/mol. The molecule has 0 saturated carbocycles. The maximum atomic E-state index is 11.9. The van der Waals surface area contributed by atoms with Gasteiger partial charge in [0.1, 0.15) is 5.82 Å². The van der Waals surface area contributed by atoms with Gasteiger partial charge in [0.2, 0.25) is 5.91 Å². The molecule has 30 heavy (non-hydrogen) atoms. The smallest absolute Gasteiger partial charge is 0.222 e. The second-order valence-corrected chi connectivity index (χ2v) is 7.97. The molecule has 0 saturated heterocycles. The number of nitrogens with zero attached hydrogens (tertiary/aromatic N) is 4. The van der Waals surface area contributed by atoms with Crippen molar-refractivity contribution in [3.05, 3.63) is 52.4 Å². The summed E-state index contributed by atoms with van der Waals surface area (Å²) in [5.74, 6) is 0.120. The van der Waals surface area contributed by atoms with E-state index in [4.69, 9.17) is 15.8 Å². The standard InChI is InChI=1S/C21H21BrN6O2/c1-11-3-4-16-13(7-11)8-14(9-24-16)15-10-25-28-20(23)18(22)19(27-21(15)28)12(2)26-17(30)5-6-29/h3-4,7-10,12,29H,5-6,23H2,1-2H3,(H,26,30). The van der Waals surface area contributed by atoms with Gasteiger partial charge < -0.3 is 16.2 Å². The number of nitrogen functional groups attached to an aromatic ring is 1. The first kappa shape index (κ1) is 20.2. The number of hydrogen-bond acceptors (Lipinski definition) is 6. The molecule has 4 N–H and O–H groups in total. The summed E-state index contributed by atoms with van der Waals surface area (Å²) in [7, 11) is 0. The fourth-order valence-corrected chi connectivity index (χ4v) is 3.99. The van der Waals surface area contributed by atoms with E-state index < -0.39 is 6.04 Å². The van der Waals surface area contributed by atoms with Crippen LogP contribution in [0.15, 0.2) is 41.1 Å². The van der Waals surface area contributed by atoms with Gasteiger partial charge in [0.15, 0.2) is 5.65 Å². The molecule has 0 radical (unpaired) electrons. The highest BCUT2D eigenvalue weighted by molar-refractivity contribution is 9.10. The molecule has 1 unspecified atom stereocenters. The van der Waals surface area contributed by atoms with Crippen LogP contribution in [0, 0.1) is 6.92 Å². The van der Waals surface area contributed by atoms with Gasteiger partial charge in [-0.25, -0.2) is 4.98 Å². The second-order valence-electron chi connectivity index (χ2n) is 7.17. The van der Waals surface area contributed by atoms with Crippen molar-refractivity contribution in [2.75, 3.05) is 12.3 Å². The summed E-state index contributed by atoms with van der Waals surface area (Å²) in [5, 5.41) is 17.2. The van der Waals surface area contributed by atoms with Gasteiger partial charge in [0, 0.05) is 29.1 Å². The normalized spacial score (nSPS) is 12.4. The number of aryl methyl sites for hydroxylation is 1. The third kappa shape index (κ3) is 3.61. The molecule has 9 heteroatoms. The fourth-order valence-electron chi connectivity index (χ4n) is 3.39. The van der Waals surface area contributed by atoms with Gasteiger partial charge in [-0.2, -0.15) is 9.61 Å². The van der Waals surface area contributed by atoms with E-state index in [0.29, 0.717) is 21.6 Å². The van der Waals surface area contributed by atoms with Crippen molar-refractivity contribution in [1.82, 2.24) is 24.9 Å². The molecule has 0 spiro atoms. The van der Waals surface area contributed by atoms with Crippen molar-refractivity contribution < 1.29 is 9.90 Å². The van der Waals surface area contributed by atoms with Crippen molar-refractivity contribution in [1.29, 1.82) is 0 Å². The number of fused-ring (bicyclic) bond motifs is 2. The number of amides is 1. The number of aliphatic hydroxyl groups is 1. The number of nitrogens with two attached hydrogens (primary N) is 1. The number of hydrogen-bond donors (Lipinski definition) is 3. The number of halogens is 1. The Morgan fingerprint density at radius 2 is 2.13 bits per heavy atom. The fraction of sp³-hybridized carbons (Fsp3) is 0.238. The zero-order valence-electron chi connectivity index (χ0n) is 16.6. The lowest BCUT2D eigenvalue weighted by Gasteiger charge is -2.16. The van der Waals surface area contributed by atoms with Gasteiger partial charge >= 0.3 is 0 Å². The van der Waals surface area contributed by atoms with Gasteiger partial charge in [0.05, 0.1) is 34.5 Å². The Morgan fingerprint density at radius 1 is 1.33 bits per heavy atom. The van der Waals surface area contributed by atoms with Crippen molar-refractivity contribution >= 4 is 44.2 Å². The molecule has 1 amide bonds. The first-order chi connectivity index (χ1) is 14.4. The van der Waals surface area contributed by atoms with Crippen molar-refractivity contribution in [3.63, 3.8) is 0 Å². The lowest BCUT2D eigenvalue weighted by Crippen LogP contribution is -2.28. The number of benzene rings is 1. The van der Waals surface area contributed by atoms with E-state index >= 15 is 0 Å². The number of nitrogens with one attached hydrogen (secondary N) is 1. The number of carbonyl (C=O) groups excluding carboxylic acids is 1. The van der Waals surface area contributed by atoms with Crippen LogP contribution >= 0.6 is 15.9 Å². The molecule has 0 aliphatic carbocycles. The highest BCUT2D eigenvalue weighted by Crippen LogP contribution is 2.33. The molecular weight excluding hydrogens is 448 g/mol. The molecule has 0 aliphatic rings. The van der Waals surface area contributed by atoms with Crippen LogP contribution in [-0.2, 0) is 4.79 Å². The molecule has 1 atom stereocenters. The molecule has 8 nitrogen and oxygen atoms in total. The van der Waals surface area contributed by atoms with Gasteiger partial charge in [-0.1, -0.05) is 11.6 Å². The number of carbonyl (C=O) groups is 1. The highest BCUT2D eigenvalue weighted by atomic mass is 79.9. The highest BCUT2D eigenvalue weighted by Gasteiger charge is 2.21. The van der Waals surface area contributed by atoms with Crippen LogP contribution in [0.5, 0.6) is 0 Å². The van der Waals surface area contributed by atoms with Gasteiger partial charge in [-0.3, -0.25) is 9.78 Å². The Kier molecular flexibility index (Phi) is 5.40. The van der Waals surface area contributed by atoms with E-state index in [1.807, 2.05) is 26.0 Å². The van der Waals surface area contributed by atoms with Crippen molar-refractivity contribution in [2.45, 2.75) is 26.3 Å². The number of anilines is 1. The summed E-state index contributed by atoms with van der Waals surface area (Å²) in [5.41, 5.74) is 11.2. The van der Waals surface area contributed by atoms with E-state index in [2.05, 4.69) is 43.5 Å². The van der Waals surface area contributed by atoms with Gasteiger partial charge in [-0.05, 0) is 48.0 Å². The predicted molar refractivity (Wildman–Crippen MR) is 119 cm³/mol. The summed E-state index contributed by atoms with van der Waals surface area (Å²) in [6, 6.07) is 7.75. The molecular formula is C21H21BrN6O2. The Labute approximate surface area is 181 Å². The topological polar surface area (TPSA) is 118 Å². The number of aromatic nitrogens is 4. The van der Waals surface area contributed by atoms with Crippen LogP contribution < -0.4 is 11.1 Å². The van der Waals surface area contributed by atoms with Crippen LogP contribution in [-0.4, -0.2) is 37.2 Å². The maximum absolute atomic E-state index is 11.9. The first-order valence-corrected chi connectivity index (χ1v) is 10.3. The molecule has 0 aliphatic heterocycles. The molecule has 0 fully saturated rings. The van der Waals surface area contributed by atoms with Gasteiger partial charge in [0.25, 0.3) is 0 Å². The Hall–Kier alpha value is -3.04. The SMILES string of the molecule is Cc1ccc2ncc(-c3cnn4c(N)c(Br)c(C(C)NC(=O)CCO)nc34)cc2c1. The van der Waals surface area contributed by atoms with E-state index in [0.717, 1.165) is 27.6 Å². The molecule has 3 aromatic heterocycles. The van der Waals surface area contributed by atoms with E-state index in [9.17, 15) is 4.79 Å². The summed E-state index contributed by atoms with van der Waals surface area (Å²) in [6.45, 7) is 3.64. The number of aliphatic hydroxyl groups excluding tert-OH is 1. The Morgan fingerprint density at radius 3 is 2.90 bits per heavy atom. The zero-order valence-corrected chi connectivity index (χ0v) is 18.1. The molecule has 3 heterocycles. The molecule has 4 aromatic rings. The maximum Gasteiger partial charge on any atom is 0.222 e. The summed E-state index contributed by atoms with van der Waals surface area (Å²) < 4.78 is 2.12. The zero-order chi connectivity index (χ0) is 21.4. The van der Waals surface area contributed by atoms with Crippen molar-refractivity contribution in [3.8, 4) is 11.1 Å². The lowest BCUT2D eigenvalue weighted by molar-refractivity contribution is -0.122. The van der Waals surface area contributed by atoms with Crippen molar-refractivity contribution in [2.24, 2.45) is 0 Å². The molecule has 154 valence electrons. The quantitative estimate of drug-likeness (QED) is 0.413. The summed E-state index contributed by atoms with van der Waals surface area (Å²) in [6.07, 6.45) is 3.53. The van der Waals surface area contributed by atoms with E-state index in [1.54, 1.807) is 16.9 Å². The minimum Gasteiger partial charge on any atom is -0.396 e. The Bertz CT molecular complexity index is 1270. The van der Waals surface area contributed by atoms with E-state index in [-0.39, 0.29) is 18.9 Å². The average Bonchev–Trinajstić information content (AvgIpc) is 3.14. The van der Waals surface area contributed by atoms with Crippen LogP contribution in [0.4, 0.5) is 5.82 Å². The second kappa shape index (κ2) is 8.00. The Balaban J connectivity index is 1.82. The third-order valence-electron chi connectivity index (χ3n) is 4.92. The van der Waals surface area contributed by atoms with Crippen LogP contribution in [0.25, 0.3) is 27.7 Å². The third-order valence-corrected chi connectivity index (χ3v) is 5.73. The minimum atomic E-state index is -0.411. The van der Waals surface area contributed by atoms with E-state index in [1.165, 1.54) is 0 Å². The first-order valence-electron chi connectivity index (χ1n) is 9.48. The van der Waals surface area contributed by atoms with Crippen LogP contribution in [0.2, 0.25) is 0 Å². The predicted octanol–water partition coefficient (Wildman–Crippen LogP) is 3.16. The lowest BCUT2D eigenvalue weighted by atomic mass is 10.1.